The van der Waals surface area contributed by atoms with E-state index < -0.39 is 23.1 Å². The van der Waals surface area contributed by atoms with E-state index in [-0.39, 0.29) is 29.9 Å². The van der Waals surface area contributed by atoms with Gasteiger partial charge in [0.25, 0.3) is 0 Å². The first-order valence-electron chi connectivity index (χ1n) is 13.0. The molecule has 1 aromatic heterocycles. The molecule has 1 N–H and O–H groups in total. The van der Waals surface area contributed by atoms with Crippen LogP contribution in [0.3, 0.4) is 0 Å². The summed E-state index contributed by atoms with van der Waals surface area (Å²) in [6, 6.07) is 19.0. The van der Waals surface area contributed by atoms with Crippen molar-refractivity contribution >= 4 is 74.1 Å². The van der Waals surface area contributed by atoms with Gasteiger partial charge in [-0.25, -0.2) is 9.69 Å². The molecule has 0 saturated carbocycles. The first-order chi connectivity index (χ1) is 20.2. The third kappa shape index (κ3) is 5.30. The van der Waals surface area contributed by atoms with Gasteiger partial charge in [0, 0.05) is 25.9 Å². The maximum absolute atomic E-state index is 14.1. The van der Waals surface area contributed by atoms with Crippen LogP contribution in [0.25, 0.3) is 0 Å². The van der Waals surface area contributed by atoms with E-state index in [9.17, 15) is 19.2 Å². The number of benzene rings is 3. The van der Waals surface area contributed by atoms with Crippen molar-refractivity contribution in [3.05, 3.63) is 107 Å². The molecule has 6 rings (SSSR count). The number of esters is 1. The molecule has 0 radical (unpaired) electrons. The molecule has 0 spiro atoms. The van der Waals surface area contributed by atoms with Gasteiger partial charge < -0.3 is 14.5 Å². The lowest BCUT2D eigenvalue weighted by molar-refractivity contribution is -0.122. The van der Waals surface area contributed by atoms with Crippen LogP contribution in [0.2, 0.25) is 5.02 Å². The minimum Gasteiger partial charge on any atom is -0.489 e. The first kappa shape index (κ1) is 28.7. The van der Waals surface area contributed by atoms with E-state index in [0.717, 1.165) is 21.4 Å². The van der Waals surface area contributed by atoms with Gasteiger partial charge in [-0.3, -0.25) is 14.4 Å². The van der Waals surface area contributed by atoms with Crippen LogP contribution >= 0.6 is 50.6 Å². The fourth-order valence-corrected chi connectivity index (χ4v) is 8.21. The fraction of sp³-hybridized carbons (Fsp3) is 0.200. The monoisotopic (exact) mass is 684 g/mol. The van der Waals surface area contributed by atoms with E-state index in [4.69, 9.17) is 21.1 Å². The van der Waals surface area contributed by atoms with Gasteiger partial charge in [0.15, 0.2) is 0 Å². The zero-order valence-corrected chi connectivity index (χ0v) is 25.9. The minimum absolute atomic E-state index is 0.235. The normalized spacial score (nSPS) is 19.4. The Balaban J connectivity index is 1.39. The molecule has 1 saturated heterocycles. The molecule has 3 aromatic carbocycles. The van der Waals surface area contributed by atoms with Gasteiger partial charge in [0.2, 0.25) is 11.8 Å². The smallest absolute Gasteiger partial charge is 0.338 e. The summed E-state index contributed by atoms with van der Waals surface area (Å²) in [5.74, 6) is -2.14. The lowest BCUT2D eigenvalue weighted by Gasteiger charge is -2.31. The van der Waals surface area contributed by atoms with E-state index in [1.165, 1.54) is 28.8 Å². The SMILES string of the molecule is CCOC(=O)c1ccc(N2C(=O)C3Sc4[nH]c(=O)sc4C(c4cc(Br)ccc4OCc4ccc(Cl)cc4)C3C2=O)cc1. The predicted molar refractivity (Wildman–Crippen MR) is 165 cm³/mol. The number of hydrogen-bond donors (Lipinski definition) is 1. The van der Waals surface area contributed by atoms with Gasteiger partial charge in [-0.1, -0.05) is 62.8 Å². The number of amides is 2. The summed E-state index contributed by atoms with van der Waals surface area (Å²) in [5.41, 5.74) is 2.27. The number of H-pyrrole nitrogens is 1. The number of imide groups is 1. The number of carbonyl (C=O) groups excluding carboxylic acids is 3. The second-order valence-electron chi connectivity index (χ2n) is 9.63. The molecule has 0 aliphatic carbocycles. The lowest BCUT2D eigenvalue weighted by Crippen LogP contribution is -2.32. The summed E-state index contributed by atoms with van der Waals surface area (Å²) < 4.78 is 12.1. The van der Waals surface area contributed by atoms with E-state index in [2.05, 4.69) is 20.9 Å². The largest absolute Gasteiger partial charge is 0.489 e. The third-order valence-corrected chi connectivity index (χ3v) is 10.2. The molecule has 3 heterocycles. The number of carbonyl (C=O) groups is 3. The number of rotatable bonds is 7. The highest BCUT2D eigenvalue weighted by atomic mass is 79.9. The van der Waals surface area contributed by atoms with Crippen LogP contribution in [-0.4, -0.2) is 34.6 Å². The molecule has 8 nitrogen and oxygen atoms in total. The van der Waals surface area contributed by atoms with E-state index >= 15 is 0 Å². The van der Waals surface area contributed by atoms with Crippen molar-refractivity contribution < 1.29 is 23.9 Å². The van der Waals surface area contributed by atoms with Crippen LogP contribution in [0.5, 0.6) is 5.75 Å². The van der Waals surface area contributed by atoms with Crippen molar-refractivity contribution in [3.8, 4) is 5.75 Å². The number of aromatic amines is 1. The van der Waals surface area contributed by atoms with Crippen LogP contribution < -0.4 is 14.5 Å². The van der Waals surface area contributed by atoms with Crippen LogP contribution in [0.4, 0.5) is 5.69 Å². The van der Waals surface area contributed by atoms with Gasteiger partial charge in [-0.2, -0.15) is 0 Å². The van der Waals surface area contributed by atoms with Gasteiger partial charge in [-0.05, 0) is 67.1 Å². The average molecular weight is 686 g/mol. The van der Waals surface area contributed by atoms with Crippen molar-refractivity contribution in [2.45, 2.75) is 29.7 Å². The number of hydrogen-bond acceptors (Lipinski definition) is 8. The molecule has 3 atom stereocenters. The summed E-state index contributed by atoms with van der Waals surface area (Å²) in [4.78, 5) is 57.0. The quantitative estimate of drug-likeness (QED) is 0.177. The number of ether oxygens (including phenoxy) is 2. The Morgan fingerprint density at radius 3 is 2.48 bits per heavy atom. The fourth-order valence-electron chi connectivity index (χ4n) is 5.20. The number of nitrogens with one attached hydrogen (secondary N) is 1. The van der Waals surface area contributed by atoms with Gasteiger partial charge >= 0.3 is 10.8 Å². The highest BCUT2D eigenvalue weighted by Crippen LogP contribution is 2.54. The van der Waals surface area contributed by atoms with E-state index in [1.807, 2.05) is 30.3 Å². The topological polar surface area (TPSA) is 106 Å². The number of thioether (sulfide) groups is 1. The number of halogens is 2. The highest BCUT2D eigenvalue weighted by Gasteiger charge is 2.56. The molecule has 214 valence electrons. The van der Waals surface area contributed by atoms with Crippen molar-refractivity contribution in [1.82, 2.24) is 4.98 Å². The zero-order valence-electron chi connectivity index (χ0n) is 22.0. The van der Waals surface area contributed by atoms with E-state index in [0.29, 0.717) is 37.5 Å². The minimum atomic E-state index is -0.793. The molecule has 2 amide bonds. The number of anilines is 1. The Bertz CT molecular complexity index is 1750. The number of thiazole rings is 1. The second kappa shape index (κ2) is 11.7. The molecule has 0 bridgehead atoms. The Labute approximate surface area is 262 Å². The molecule has 3 unspecified atom stereocenters. The summed E-state index contributed by atoms with van der Waals surface area (Å²) in [7, 11) is 0. The number of aromatic nitrogens is 1. The summed E-state index contributed by atoms with van der Waals surface area (Å²) in [5, 5.41) is 0.418. The maximum Gasteiger partial charge on any atom is 0.338 e. The van der Waals surface area contributed by atoms with Crippen LogP contribution in [0, 0.1) is 5.92 Å². The lowest BCUT2D eigenvalue weighted by atomic mass is 9.82. The summed E-state index contributed by atoms with van der Waals surface area (Å²) in [6.07, 6.45) is 0. The van der Waals surface area contributed by atoms with Gasteiger partial charge in [0.05, 0.1) is 28.8 Å². The van der Waals surface area contributed by atoms with Crippen molar-refractivity contribution in [1.29, 1.82) is 0 Å². The Kier molecular flexibility index (Phi) is 8.01. The Hall–Kier alpha value is -3.38. The number of nitrogens with zero attached hydrogens (tertiary/aromatic N) is 1. The standard InChI is InChI=1S/C30H22BrClN2O6S2/c1-2-39-29(37)16-5-10-19(11-6-16)34-27(35)23-22(24-26(33-30(38)42-24)41-25(23)28(34)36)20-13-17(31)7-12-21(20)40-14-15-3-8-18(32)9-4-15/h3-13,22-23,25H,2,14H2,1H3,(H,33,38). The second-order valence-corrected chi connectivity index (χ2v) is 13.1. The van der Waals surface area contributed by atoms with E-state index in [1.54, 1.807) is 31.2 Å². The van der Waals surface area contributed by atoms with Crippen LogP contribution in [-0.2, 0) is 20.9 Å². The molecule has 2 aliphatic heterocycles. The first-order valence-corrected chi connectivity index (χ1v) is 15.8. The third-order valence-electron chi connectivity index (χ3n) is 7.08. The van der Waals surface area contributed by atoms with Crippen molar-refractivity contribution in [2.24, 2.45) is 5.92 Å². The van der Waals surface area contributed by atoms with Crippen molar-refractivity contribution in [2.75, 3.05) is 11.5 Å². The van der Waals surface area contributed by atoms with Gasteiger partial charge in [0.1, 0.15) is 17.6 Å². The summed E-state index contributed by atoms with van der Waals surface area (Å²) >= 11 is 11.8. The number of fused-ring (bicyclic) bond motifs is 2. The van der Waals surface area contributed by atoms with Crippen molar-refractivity contribution in [3.63, 3.8) is 0 Å². The predicted octanol–water partition coefficient (Wildman–Crippen LogP) is 6.40. The molecule has 4 aromatic rings. The maximum atomic E-state index is 14.1. The molecule has 12 heteroatoms. The molecule has 1 fully saturated rings. The Morgan fingerprint density at radius 2 is 1.76 bits per heavy atom. The highest BCUT2D eigenvalue weighted by molar-refractivity contribution is 9.10. The van der Waals surface area contributed by atoms with Gasteiger partial charge in [-0.15, -0.1) is 0 Å². The molecular weight excluding hydrogens is 664 g/mol. The summed E-state index contributed by atoms with van der Waals surface area (Å²) in [6.45, 7) is 2.21. The molecule has 42 heavy (non-hydrogen) atoms. The Morgan fingerprint density at radius 1 is 1.02 bits per heavy atom. The van der Waals surface area contributed by atoms with Crippen LogP contribution in [0.15, 0.2) is 81.0 Å². The molecular formula is C30H22BrClN2O6S2. The molecule has 2 aliphatic rings. The average Bonchev–Trinajstić information content (AvgIpc) is 3.47. The zero-order chi connectivity index (χ0) is 29.5. The van der Waals surface area contributed by atoms with Crippen LogP contribution in [0.1, 0.15) is 39.2 Å².